The van der Waals surface area contributed by atoms with Crippen molar-refractivity contribution in [2.45, 2.75) is 31.2 Å². The van der Waals surface area contributed by atoms with Gasteiger partial charge < -0.3 is 10.2 Å². The molecule has 1 amide bonds. The van der Waals surface area contributed by atoms with Crippen LogP contribution in [-0.2, 0) is 0 Å². The van der Waals surface area contributed by atoms with Crippen LogP contribution in [0.5, 0.6) is 0 Å². The first-order valence-electron chi connectivity index (χ1n) is 6.73. The van der Waals surface area contributed by atoms with E-state index in [0.717, 1.165) is 17.9 Å². The molecule has 1 unspecified atom stereocenters. The molecule has 112 valence electrons. The largest absolute Gasteiger partial charge is 0.348 e. The molecule has 0 radical (unpaired) electrons. The van der Waals surface area contributed by atoms with Gasteiger partial charge in [0.2, 0.25) is 0 Å². The van der Waals surface area contributed by atoms with Crippen LogP contribution in [0.3, 0.4) is 0 Å². The van der Waals surface area contributed by atoms with E-state index in [1.165, 1.54) is 0 Å². The molecule has 0 heterocycles. The summed E-state index contributed by atoms with van der Waals surface area (Å²) < 4.78 is 0. The van der Waals surface area contributed by atoms with Crippen molar-refractivity contribution in [3.05, 3.63) is 28.8 Å². The summed E-state index contributed by atoms with van der Waals surface area (Å²) in [6.45, 7) is 5.11. The molecule has 3 nitrogen and oxygen atoms in total. The summed E-state index contributed by atoms with van der Waals surface area (Å²) in [6.07, 6.45) is 0.933. The molecule has 0 spiro atoms. The average molecular weight is 315 g/mol. The maximum atomic E-state index is 12.3. The summed E-state index contributed by atoms with van der Waals surface area (Å²) in [5, 5.41) is 3.52. The van der Waals surface area contributed by atoms with Gasteiger partial charge in [0, 0.05) is 17.5 Å². The molecule has 0 aliphatic carbocycles. The number of nitrogens with zero attached hydrogens (tertiary/aromatic N) is 1. The van der Waals surface area contributed by atoms with Crippen molar-refractivity contribution in [3.8, 4) is 0 Å². The summed E-state index contributed by atoms with van der Waals surface area (Å²) in [6, 6.07) is 5.27. The number of nitrogens with one attached hydrogen (secondary N) is 1. The Labute approximate surface area is 132 Å². The van der Waals surface area contributed by atoms with Crippen LogP contribution in [0.1, 0.15) is 30.6 Å². The number of carbonyl (C=O) groups excluding carboxylic acids is 1. The second-order valence-corrected chi connectivity index (χ2v) is 6.65. The van der Waals surface area contributed by atoms with Gasteiger partial charge >= 0.3 is 0 Å². The first-order chi connectivity index (χ1) is 9.29. The number of halogens is 1. The molecule has 0 aromatic heterocycles. The van der Waals surface area contributed by atoms with Gasteiger partial charge in [0.1, 0.15) is 0 Å². The van der Waals surface area contributed by atoms with E-state index < -0.39 is 0 Å². The number of benzene rings is 1. The van der Waals surface area contributed by atoms with Gasteiger partial charge in [-0.3, -0.25) is 4.79 Å². The summed E-state index contributed by atoms with van der Waals surface area (Å²) in [5.41, 5.74) is 0.478. The van der Waals surface area contributed by atoms with E-state index in [9.17, 15) is 4.79 Å². The first kappa shape index (κ1) is 17.3. The Bertz CT molecular complexity index is 453. The highest BCUT2D eigenvalue weighted by atomic mass is 35.5. The molecule has 0 aliphatic rings. The minimum Gasteiger partial charge on any atom is -0.348 e. The van der Waals surface area contributed by atoms with Gasteiger partial charge in [-0.2, -0.15) is 0 Å². The van der Waals surface area contributed by atoms with E-state index in [-0.39, 0.29) is 11.9 Å². The van der Waals surface area contributed by atoms with Crippen molar-refractivity contribution < 1.29 is 4.79 Å². The van der Waals surface area contributed by atoms with Crippen LogP contribution in [0.25, 0.3) is 0 Å². The molecular weight excluding hydrogens is 292 g/mol. The molecule has 0 saturated heterocycles. The fraction of sp³-hybridized carbons (Fsp3) is 0.533. The third-order valence-electron chi connectivity index (χ3n) is 2.87. The van der Waals surface area contributed by atoms with Crippen molar-refractivity contribution in [2.75, 3.05) is 20.6 Å². The van der Waals surface area contributed by atoms with Crippen LogP contribution in [-0.4, -0.2) is 37.5 Å². The SMILES string of the molecule is CC(C)CC(CN(C)C)NC(=O)c1cc(S)ccc1Cl. The molecule has 5 heteroatoms. The van der Waals surface area contributed by atoms with E-state index in [0.29, 0.717) is 16.5 Å². The molecule has 1 atom stereocenters. The van der Waals surface area contributed by atoms with Crippen molar-refractivity contribution >= 4 is 30.1 Å². The summed E-state index contributed by atoms with van der Waals surface area (Å²) in [7, 11) is 4.00. The van der Waals surface area contributed by atoms with Gasteiger partial charge in [-0.15, -0.1) is 12.6 Å². The topological polar surface area (TPSA) is 32.3 Å². The molecule has 20 heavy (non-hydrogen) atoms. The highest BCUT2D eigenvalue weighted by Gasteiger charge is 2.18. The van der Waals surface area contributed by atoms with Crippen LogP contribution < -0.4 is 5.32 Å². The fourth-order valence-electron chi connectivity index (χ4n) is 2.14. The number of carbonyl (C=O) groups is 1. The third kappa shape index (κ3) is 5.73. The highest BCUT2D eigenvalue weighted by Crippen LogP contribution is 2.20. The molecule has 1 N–H and O–H groups in total. The van der Waals surface area contributed by atoms with Gasteiger partial charge in [-0.25, -0.2) is 0 Å². The lowest BCUT2D eigenvalue weighted by Gasteiger charge is -2.24. The maximum Gasteiger partial charge on any atom is 0.253 e. The van der Waals surface area contributed by atoms with E-state index in [1.54, 1.807) is 18.2 Å². The molecule has 1 aromatic carbocycles. The number of rotatable bonds is 6. The van der Waals surface area contributed by atoms with Crippen LogP contribution in [0.2, 0.25) is 5.02 Å². The van der Waals surface area contributed by atoms with Gasteiger partial charge in [0.15, 0.2) is 0 Å². The van der Waals surface area contributed by atoms with Gasteiger partial charge in [0.25, 0.3) is 5.91 Å². The predicted molar refractivity (Wildman–Crippen MR) is 88.0 cm³/mol. The van der Waals surface area contributed by atoms with Gasteiger partial charge in [0.05, 0.1) is 10.6 Å². The zero-order valence-electron chi connectivity index (χ0n) is 12.5. The first-order valence-corrected chi connectivity index (χ1v) is 7.56. The average Bonchev–Trinajstić information content (AvgIpc) is 2.30. The number of hydrogen-bond donors (Lipinski definition) is 2. The van der Waals surface area contributed by atoms with Crippen molar-refractivity contribution in [2.24, 2.45) is 5.92 Å². The van der Waals surface area contributed by atoms with Crippen molar-refractivity contribution in [1.82, 2.24) is 10.2 Å². The zero-order valence-corrected chi connectivity index (χ0v) is 14.1. The molecule has 0 fully saturated rings. The second kappa shape index (κ2) is 7.91. The molecule has 0 bridgehead atoms. The lowest BCUT2D eigenvalue weighted by Crippen LogP contribution is -2.42. The lowest BCUT2D eigenvalue weighted by atomic mass is 10.0. The quantitative estimate of drug-likeness (QED) is 0.789. The van der Waals surface area contributed by atoms with Gasteiger partial charge in [-0.1, -0.05) is 25.4 Å². The smallest absolute Gasteiger partial charge is 0.253 e. The number of thiol groups is 1. The van der Waals surface area contributed by atoms with Crippen molar-refractivity contribution in [1.29, 1.82) is 0 Å². The number of likely N-dealkylation sites (N-methyl/N-ethyl adjacent to an activating group) is 1. The molecular formula is C15H23ClN2OS. The Kier molecular flexibility index (Phi) is 6.86. The van der Waals surface area contributed by atoms with E-state index in [4.69, 9.17) is 11.6 Å². The van der Waals surface area contributed by atoms with Crippen LogP contribution in [0.4, 0.5) is 0 Å². The fourth-order valence-corrected chi connectivity index (χ4v) is 2.55. The van der Waals surface area contributed by atoms with Crippen LogP contribution in [0, 0.1) is 5.92 Å². The maximum absolute atomic E-state index is 12.3. The Morgan fingerprint density at radius 3 is 2.60 bits per heavy atom. The Hall–Kier alpha value is -0.710. The highest BCUT2D eigenvalue weighted by molar-refractivity contribution is 7.80. The van der Waals surface area contributed by atoms with E-state index in [1.807, 2.05) is 14.1 Å². The summed E-state index contributed by atoms with van der Waals surface area (Å²) in [4.78, 5) is 15.1. The number of hydrogen-bond acceptors (Lipinski definition) is 3. The monoisotopic (exact) mass is 314 g/mol. The number of amides is 1. The molecule has 0 aliphatic heterocycles. The summed E-state index contributed by atoms with van der Waals surface area (Å²) in [5.74, 6) is 0.380. The lowest BCUT2D eigenvalue weighted by molar-refractivity contribution is 0.0924. The minimum absolute atomic E-state index is 0.108. The normalized spacial score (nSPS) is 12.8. The van der Waals surface area contributed by atoms with Crippen LogP contribution >= 0.6 is 24.2 Å². The molecule has 0 saturated carbocycles. The minimum atomic E-state index is -0.140. The molecule has 1 rings (SSSR count). The Morgan fingerprint density at radius 2 is 2.05 bits per heavy atom. The standard InChI is InChI=1S/C15H23ClN2OS/c1-10(2)7-11(9-18(3)4)17-15(19)13-8-12(20)5-6-14(13)16/h5-6,8,10-11,20H,7,9H2,1-4H3,(H,17,19). The third-order valence-corrected chi connectivity index (χ3v) is 3.48. The second-order valence-electron chi connectivity index (χ2n) is 5.73. The Morgan fingerprint density at radius 1 is 1.40 bits per heavy atom. The Balaban J connectivity index is 2.81. The van der Waals surface area contributed by atoms with Crippen molar-refractivity contribution in [3.63, 3.8) is 0 Å². The van der Waals surface area contributed by atoms with Gasteiger partial charge in [-0.05, 0) is 44.6 Å². The zero-order chi connectivity index (χ0) is 15.3. The van der Waals surface area contributed by atoms with E-state index in [2.05, 4.69) is 36.7 Å². The summed E-state index contributed by atoms with van der Waals surface area (Å²) >= 11 is 10.3. The van der Waals surface area contributed by atoms with E-state index >= 15 is 0 Å². The predicted octanol–water partition coefficient (Wildman–Crippen LogP) is 3.33. The molecule has 1 aromatic rings. The van der Waals surface area contributed by atoms with Crippen LogP contribution in [0.15, 0.2) is 23.1 Å².